The first kappa shape index (κ1) is 19.7. The van der Waals surface area contributed by atoms with E-state index in [1.165, 1.54) is 0 Å². The lowest BCUT2D eigenvalue weighted by Crippen LogP contribution is -2.24. The van der Waals surface area contributed by atoms with Crippen molar-refractivity contribution in [1.29, 1.82) is 0 Å². The van der Waals surface area contributed by atoms with Crippen LogP contribution in [-0.4, -0.2) is 25.2 Å². The van der Waals surface area contributed by atoms with Crippen molar-refractivity contribution in [3.05, 3.63) is 59.7 Å². The monoisotopic (exact) mass is 382 g/mol. The molecule has 0 aliphatic heterocycles. The Morgan fingerprint density at radius 2 is 1.14 bits per heavy atom. The molecular formula is C22H26N2O4. The fourth-order valence-electron chi connectivity index (χ4n) is 3.45. The SMILES string of the molecule is Nc1cccc(C(=O)OCC2CCC(COC(=O)c3cccc(N)c3)CC2)c1. The summed E-state index contributed by atoms with van der Waals surface area (Å²) in [6.07, 6.45) is 3.80. The number of nitrogen functional groups attached to an aromatic ring is 2. The highest BCUT2D eigenvalue weighted by Gasteiger charge is 2.24. The van der Waals surface area contributed by atoms with E-state index in [9.17, 15) is 9.59 Å². The Bertz CT molecular complexity index is 759. The Morgan fingerprint density at radius 1 is 0.750 bits per heavy atom. The molecule has 0 amide bonds. The average molecular weight is 382 g/mol. The number of esters is 2. The van der Waals surface area contributed by atoms with Gasteiger partial charge in [-0.15, -0.1) is 0 Å². The van der Waals surface area contributed by atoms with Crippen LogP contribution < -0.4 is 11.5 Å². The second-order valence-electron chi connectivity index (χ2n) is 7.33. The van der Waals surface area contributed by atoms with Crippen LogP contribution in [0.15, 0.2) is 48.5 Å². The van der Waals surface area contributed by atoms with E-state index < -0.39 is 0 Å². The van der Waals surface area contributed by atoms with Crippen LogP contribution in [0, 0.1) is 11.8 Å². The van der Waals surface area contributed by atoms with Gasteiger partial charge in [-0.05, 0) is 73.9 Å². The quantitative estimate of drug-likeness (QED) is 0.583. The number of benzene rings is 2. The molecule has 2 aromatic rings. The predicted molar refractivity (Wildman–Crippen MR) is 108 cm³/mol. The van der Waals surface area contributed by atoms with E-state index in [0.29, 0.717) is 47.6 Å². The van der Waals surface area contributed by atoms with Gasteiger partial charge in [0, 0.05) is 11.4 Å². The number of ether oxygens (including phenoxy) is 2. The van der Waals surface area contributed by atoms with Gasteiger partial charge < -0.3 is 20.9 Å². The molecule has 6 heteroatoms. The fourth-order valence-corrected chi connectivity index (χ4v) is 3.45. The van der Waals surface area contributed by atoms with Gasteiger partial charge >= 0.3 is 11.9 Å². The first-order valence-electron chi connectivity index (χ1n) is 9.56. The van der Waals surface area contributed by atoms with Crippen molar-refractivity contribution >= 4 is 23.3 Å². The van der Waals surface area contributed by atoms with Gasteiger partial charge in [-0.3, -0.25) is 0 Å². The van der Waals surface area contributed by atoms with Crippen molar-refractivity contribution in [2.45, 2.75) is 25.7 Å². The standard InChI is InChI=1S/C22H26N2O4/c23-19-5-1-3-17(11-19)21(25)27-13-15-7-9-16(10-8-15)14-28-22(26)18-4-2-6-20(24)12-18/h1-6,11-12,15-16H,7-10,13-14,23-24H2. The zero-order valence-electron chi connectivity index (χ0n) is 15.8. The summed E-state index contributed by atoms with van der Waals surface area (Å²) in [4.78, 5) is 24.2. The maximum Gasteiger partial charge on any atom is 0.338 e. The number of carbonyl (C=O) groups is 2. The van der Waals surface area contributed by atoms with Crippen molar-refractivity contribution < 1.29 is 19.1 Å². The number of carbonyl (C=O) groups excluding carboxylic acids is 2. The van der Waals surface area contributed by atoms with Crippen LogP contribution in [0.4, 0.5) is 11.4 Å². The van der Waals surface area contributed by atoms with E-state index in [2.05, 4.69) is 0 Å². The van der Waals surface area contributed by atoms with Gasteiger partial charge in [0.1, 0.15) is 0 Å². The van der Waals surface area contributed by atoms with E-state index in [-0.39, 0.29) is 11.9 Å². The van der Waals surface area contributed by atoms with Gasteiger partial charge in [-0.25, -0.2) is 9.59 Å². The van der Waals surface area contributed by atoms with Gasteiger partial charge in [0.25, 0.3) is 0 Å². The summed E-state index contributed by atoms with van der Waals surface area (Å²) in [5.74, 6) is -0.00672. The molecule has 0 spiro atoms. The van der Waals surface area contributed by atoms with Crippen molar-refractivity contribution in [2.75, 3.05) is 24.7 Å². The lowest BCUT2D eigenvalue weighted by atomic mass is 9.83. The molecule has 6 nitrogen and oxygen atoms in total. The third-order valence-electron chi connectivity index (χ3n) is 5.11. The summed E-state index contributed by atoms with van der Waals surface area (Å²) in [6.45, 7) is 0.812. The molecule has 2 aromatic carbocycles. The van der Waals surface area contributed by atoms with E-state index >= 15 is 0 Å². The second kappa shape index (κ2) is 9.26. The molecular weight excluding hydrogens is 356 g/mol. The normalized spacial score (nSPS) is 19.0. The minimum Gasteiger partial charge on any atom is -0.462 e. The molecule has 0 heterocycles. The molecule has 0 bridgehead atoms. The van der Waals surface area contributed by atoms with Crippen LogP contribution in [0.5, 0.6) is 0 Å². The van der Waals surface area contributed by atoms with Gasteiger partial charge in [0.2, 0.25) is 0 Å². The third kappa shape index (κ3) is 5.49. The Morgan fingerprint density at radius 3 is 1.50 bits per heavy atom. The predicted octanol–water partition coefficient (Wildman–Crippen LogP) is 3.67. The van der Waals surface area contributed by atoms with Gasteiger partial charge in [-0.1, -0.05) is 12.1 Å². The summed E-state index contributed by atoms with van der Waals surface area (Å²) < 4.78 is 10.9. The van der Waals surface area contributed by atoms with Gasteiger partial charge in [0.05, 0.1) is 24.3 Å². The Kier molecular flexibility index (Phi) is 6.53. The average Bonchev–Trinajstić information content (AvgIpc) is 2.71. The molecule has 1 aliphatic rings. The van der Waals surface area contributed by atoms with Crippen molar-refractivity contribution in [1.82, 2.24) is 0 Å². The molecule has 1 aliphatic carbocycles. The topological polar surface area (TPSA) is 105 Å². The summed E-state index contributed by atoms with van der Waals surface area (Å²) in [7, 11) is 0. The highest BCUT2D eigenvalue weighted by molar-refractivity contribution is 5.90. The minimum atomic E-state index is -0.342. The summed E-state index contributed by atoms with van der Waals surface area (Å²) in [5.41, 5.74) is 13.4. The highest BCUT2D eigenvalue weighted by atomic mass is 16.5. The Labute approximate surface area is 164 Å². The second-order valence-corrected chi connectivity index (χ2v) is 7.33. The molecule has 0 atom stereocenters. The molecule has 3 rings (SSSR count). The minimum absolute atomic E-state index is 0.339. The molecule has 0 unspecified atom stereocenters. The van der Waals surface area contributed by atoms with Crippen LogP contribution >= 0.6 is 0 Å². The Hall–Kier alpha value is -3.02. The molecule has 0 aromatic heterocycles. The lowest BCUT2D eigenvalue weighted by molar-refractivity contribution is 0.0297. The fraction of sp³-hybridized carbons (Fsp3) is 0.364. The van der Waals surface area contributed by atoms with Crippen LogP contribution in [0.1, 0.15) is 46.4 Å². The smallest absolute Gasteiger partial charge is 0.338 e. The summed E-state index contributed by atoms with van der Waals surface area (Å²) in [5, 5.41) is 0. The van der Waals surface area contributed by atoms with Crippen LogP contribution in [0.25, 0.3) is 0 Å². The largest absolute Gasteiger partial charge is 0.462 e. The maximum atomic E-state index is 12.1. The molecule has 1 fully saturated rings. The number of nitrogens with two attached hydrogens (primary N) is 2. The summed E-state index contributed by atoms with van der Waals surface area (Å²) >= 11 is 0. The molecule has 0 saturated heterocycles. The maximum absolute atomic E-state index is 12.1. The number of anilines is 2. The van der Waals surface area contributed by atoms with Crippen LogP contribution in [0.3, 0.4) is 0 Å². The van der Waals surface area contributed by atoms with E-state index in [4.69, 9.17) is 20.9 Å². The van der Waals surface area contributed by atoms with Crippen LogP contribution in [0.2, 0.25) is 0 Å². The molecule has 0 radical (unpaired) electrons. The number of hydrogen-bond acceptors (Lipinski definition) is 6. The number of hydrogen-bond donors (Lipinski definition) is 2. The van der Waals surface area contributed by atoms with E-state index in [1.807, 2.05) is 0 Å². The van der Waals surface area contributed by atoms with Crippen LogP contribution in [-0.2, 0) is 9.47 Å². The van der Waals surface area contributed by atoms with E-state index in [0.717, 1.165) is 25.7 Å². The zero-order valence-corrected chi connectivity index (χ0v) is 15.8. The summed E-state index contributed by atoms with van der Waals surface area (Å²) in [6, 6.07) is 13.6. The first-order chi connectivity index (χ1) is 13.5. The molecule has 4 N–H and O–H groups in total. The van der Waals surface area contributed by atoms with E-state index in [1.54, 1.807) is 48.5 Å². The van der Waals surface area contributed by atoms with Gasteiger partial charge in [-0.2, -0.15) is 0 Å². The highest BCUT2D eigenvalue weighted by Crippen LogP contribution is 2.29. The first-order valence-corrected chi connectivity index (χ1v) is 9.56. The zero-order chi connectivity index (χ0) is 19.9. The molecule has 1 saturated carbocycles. The van der Waals surface area contributed by atoms with Gasteiger partial charge in [0.15, 0.2) is 0 Å². The molecule has 148 valence electrons. The van der Waals surface area contributed by atoms with Crippen molar-refractivity contribution in [2.24, 2.45) is 11.8 Å². The third-order valence-corrected chi connectivity index (χ3v) is 5.11. The van der Waals surface area contributed by atoms with Crippen molar-refractivity contribution in [3.8, 4) is 0 Å². The number of rotatable bonds is 6. The van der Waals surface area contributed by atoms with Crippen molar-refractivity contribution in [3.63, 3.8) is 0 Å². The lowest BCUT2D eigenvalue weighted by Gasteiger charge is -2.27. The Balaban J connectivity index is 1.37. The molecule has 28 heavy (non-hydrogen) atoms.